The minimum Gasteiger partial charge on any atom is -0.383 e. The van der Waals surface area contributed by atoms with Gasteiger partial charge in [-0.1, -0.05) is 30.7 Å². The van der Waals surface area contributed by atoms with Crippen molar-refractivity contribution in [1.82, 2.24) is 0 Å². The van der Waals surface area contributed by atoms with E-state index in [1.807, 2.05) is 0 Å². The largest absolute Gasteiger partial charge is 0.383 e. The van der Waals surface area contributed by atoms with Gasteiger partial charge in [0.1, 0.15) is 5.60 Å². The van der Waals surface area contributed by atoms with E-state index in [-0.39, 0.29) is 0 Å². The number of rotatable bonds is 1. The minimum atomic E-state index is -0.941. The van der Waals surface area contributed by atoms with E-state index in [1.165, 1.54) is 11.1 Å². The van der Waals surface area contributed by atoms with Gasteiger partial charge >= 0.3 is 0 Å². The van der Waals surface area contributed by atoms with Crippen molar-refractivity contribution in [1.29, 1.82) is 5.26 Å². The van der Waals surface area contributed by atoms with Crippen LogP contribution in [-0.4, -0.2) is 5.11 Å². The van der Waals surface area contributed by atoms with Gasteiger partial charge in [-0.15, -0.1) is 0 Å². The van der Waals surface area contributed by atoms with Crippen molar-refractivity contribution in [2.45, 2.75) is 58.0 Å². The Labute approximate surface area is 121 Å². The first kappa shape index (κ1) is 13.6. The number of hydrogen-bond donors (Lipinski definition) is 1. The van der Waals surface area contributed by atoms with Gasteiger partial charge in [0.2, 0.25) is 0 Å². The van der Waals surface area contributed by atoms with Gasteiger partial charge in [-0.25, -0.2) is 0 Å². The number of nitrogens with zero attached hydrogens (tertiary/aromatic N) is 1. The average Bonchev–Trinajstić information content (AvgIpc) is 2.79. The van der Waals surface area contributed by atoms with E-state index in [2.05, 4.69) is 38.1 Å². The maximum Gasteiger partial charge on any atom is 0.109 e. The van der Waals surface area contributed by atoms with Crippen LogP contribution in [0.2, 0.25) is 0 Å². The monoisotopic (exact) mass is 269 g/mol. The van der Waals surface area contributed by atoms with E-state index in [0.717, 1.165) is 37.7 Å². The van der Waals surface area contributed by atoms with Crippen molar-refractivity contribution in [2.24, 2.45) is 11.3 Å². The fourth-order valence-corrected chi connectivity index (χ4v) is 4.11. The van der Waals surface area contributed by atoms with E-state index < -0.39 is 11.0 Å². The molecule has 0 amide bonds. The van der Waals surface area contributed by atoms with Gasteiger partial charge in [0.15, 0.2) is 0 Å². The molecular weight excluding hydrogens is 246 g/mol. The maximum atomic E-state index is 11.4. The molecule has 2 aliphatic carbocycles. The molecule has 0 saturated heterocycles. The quantitative estimate of drug-likeness (QED) is 0.841. The Morgan fingerprint density at radius 1 is 1.25 bits per heavy atom. The van der Waals surface area contributed by atoms with E-state index in [9.17, 15) is 10.4 Å². The molecular formula is C18H23NO. The second kappa shape index (κ2) is 4.60. The van der Waals surface area contributed by atoms with Gasteiger partial charge in [-0.3, -0.25) is 0 Å². The smallest absolute Gasteiger partial charge is 0.109 e. The first-order valence-corrected chi connectivity index (χ1v) is 7.74. The second-order valence-corrected chi connectivity index (χ2v) is 6.90. The molecule has 1 fully saturated rings. The van der Waals surface area contributed by atoms with Crippen LogP contribution < -0.4 is 0 Å². The lowest BCUT2D eigenvalue weighted by molar-refractivity contribution is -0.0822. The number of benzene rings is 1. The molecule has 1 unspecified atom stereocenters. The van der Waals surface area contributed by atoms with Crippen LogP contribution in [0.3, 0.4) is 0 Å². The molecule has 0 aromatic heterocycles. The molecule has 0 aliphatic heterocycles. The van der Waals surface area contributed by atoms with E-state index in [0.29, 0.717) is 12.3 Å². The van der Waals surface area contributed by atoms with Crippen LogP contribution in [0.25, 0.3) is 0 Å². The summed E-state index contributed by atoms with van der Waals surface area (Å²) >= 11 is 0. The summed E-state index contributed by atoms with van der Waals surface area (Å²) in [5, 5.41) is 21.2. The number of nitriles is 1. The maximum absolute atomic E-state index is 11.4. The molecule has 1 aromatic carbocycles. The Hall–Kier alpha value is -1.33. The number of hydrogen-bond acceptors (Lipinski definition) is 2. The lowest BCUT2D eigenvalue weighted by Crippen LogP contribution is -2.45. The molecule has 1 saturated carbocycles. The van der Waals surface area contributed by atoms with Crippen LogP contribution in [0.5, 0.6) is 0 Å². The molecule has 0 radical (unpaired) electrons. The zero-order chi connectivity index (χ0) is 14.4. The SMILES string of the molecule is Cc1ccc2c(c1)C(O)(C1(C#N)CCC(C)CC1)CC2. The summed E-state index contributed by atoms with van der Waals surface area (Å²) in [6, 6.07) is 8.86. The predicted molar refractivity (Wildman–Crippen MR) is 79.1 cm³/mol. The highest BCUT2D eigenvalue weighted by molar-refractivity contribution is 5.43. The van der Waals surface area contributed by atoms with Gasteiger partial charge in [0, 0.05) is 0 Å². The van der Waals surface area contributed by atoms with Crippen molar-refractivity contribution < 1.29 is 5.11 Å². The Morgan fingerprint density at radius 3 is 2.60 bits per heavy atom. The summed E-state index contributed by atoms with van der Waals surface area (Å²) in [4.78, 5) is 0. The van der Waals surface area contributed by atoms with Gasteiger partial charge in [-0.2, -0.15) is 5.26 Å². The Bertz CT molecular complexity index is 563. The molecule has 3 rings (SSSR count). The predicted octanol–water partition coefficient (Wildman–Crippen LogP) is 3.85. The zero-order valence-corrected chi connectivity index (χ0v) is 12.4. The van der Waals surface area contributed by atoms with Crippen molar-refractivity contribution in [3.8, 4) is 6.07 Å². The summed E-state index contributed by atoms with van der Waals surface area (Å²) in [5.41, 5.74) is 1.89. The molecule has 0 bridgehead atoms. The lowest BCUT2D eigenvalue weighted by atomic mass is 9.60. The molecule has 106 valence electrons. The second-order valence-electron chi connectivity index (χ2n) is 6.90. The first-order chi connectivity index (χ1) is 9.51. The van der Waals surface area contributed by atoms with Crippen molar-refractivity contribution >= 4 is 0 Å². The first-order valence-electron chi connectivity index (χ1n) is 7.74. The van der Waals surface area contributed by atoms with Crippen molar-refractivity contribution in [3.05, 3.63) is 34.9 Å². The lowest BCUT2D eigenvalue weighted by Gasteiger charge is -2.45. The highest BCUT2D eigenvalue weighted by Crippen LogP contribution is 2.56. The fourth-order valence-electron chi connectivity index (χ4n) is 4.11. The summed E-state index contributed by atoms with van der Waals surface area (Å²) in [6.07, 6.45) is 5.36. The molecule has 2 nitrogen and oxygen atoms in total. The molecule has 0 heterocycles. The molecule has 0 spiro atoms. The third-order valence-corrected chi connectivity index (χ3v) is 5.60. The minimum absolute atomic E-state index is 0.585. The molecule has 1 N–H and O–H groups in total. The Morgan fingerprint density at radius 2 is 1.95 bits per heavy atom. The van der Waals surface area contributed by atoms with E-state index >= 15 is 0 Å². The number of aliphatic hydroxyl groups is 1. The Kier molecular flexibility index (Phi) is 3.14. The third-order valence-electron chi connectivity index (χ3n) is 5.60. The van der Waals surface area contributed by atoms with Crippen molar-refractivity contribution in [3.63, 3.8) is 0 Å². The summed E-state index contributed by atoms with van der Waals surface area (Å²) in [7, 11) is 0. The van der Waals surface area contributed by atoms with Crippen LogP contribution in [0.1, 0.15) is 55.7 Å². The number of fused-ring (bicyclic) bond motifs is 1. The molecule has 2 aliphatic rings. The van der Waals surface area contributed by atoms with Crippen LogP contribution in [0.4, 0.5) is 0 Å². The van der Waals surface area contributed by atoms with Gasteiger partial charge in [0.25, 0.3) is 0 Å². The molecule has 2 heteroatoms. The van der Waals surface area contributed by atoms with Crippen LogP contribution >= 0.6 is 0 Å². The normalized spacial score (nSPS) is 36.4. The summed E-state index contributed by atoms with van der Waals surface area (Å²) in [6.45, 7) is 4.30. The highest BCUT2D eigenvalue weighted by Gasteiger charge is 2.55. The highest BCUT2D eigenvalue weighted by atomic mass is 16.3. The van der Waals surface area contributed by atoms with E-state index in [4.69, 9.17) is 0 Å². The van der Waals surface area contributed by atoms with Gasteiger partial charge in [-0.05, 0) is 62.5 Å². The third kappa shape index (κ3) is 1.80. The zero-order valence-electron chi connectivity index (χ0n) is 12.4. The molecule has 1 atom stereocenters. The summed E-state index contributed by atoms with van der Waals surface area (Å²) in [5.74, 6) is 0.679. The number of aryl methyl sites for hydroxylation is 2. The molecule has 20 heavy (non-hydrogen) atoms. The van der Waals surface area contributed by atoms with Crippen molar-refractivity contribution in [2.75, 3.05) is 0 Å². The topological polar surface area (TPSA) is 44.0 Å². The fraction of sp³-hybridized carbons (Fsp3) is 0.611. The van der Waals surface area contributed by atoms with Crippen LogP contribution in [-0.2, 0) is 12.0 Å². The van der Waals surface area contributed by atoms with Gasteiger partial charge < -0.3 is 5.11 Å². The average molecular weight is 269 g/mol. The summed E-state index contributed by atoms with van der Waals surface area (Å²) < 4.78 is 0. The van der Waals surface area contributed by atoms with Crippen LogP contribution in [0.15, 0.2) is 18.2 Å². The van der Waals surface area contributed by atoms with Crippen LogP contribution in [0, 0.1) is 29.6 Å². The van der Waals surface area contributed by atoms with E-state index in [1.54, 1.807) is 0 Å². The van der Waals surface area contributed by atoms with Gasteiger partial charge in [0.05, 0.1) is 11.5 Å². The molecule has 1 aromatic rings. The standard InChI is InChI=1S/C18H23NO/c1-13-5-8-17(12-19,9-6-13)18(20)10-7-15-4-3-14(2)11-16(15)18/h3-4,11,13,20H,5-10H2,1-2H3. The Balaban J connectivity index is 2.06.